The molecule has 2 aromatic carbocycles. The number of nitrogens with zero attached hydrogens (tertiary/aromatic N) is 3. The van der Waals surface area contributed by atoms with Gasteiger partial charge in [0.1, 0.15) is 5.71 Å². The molecule has 0 aliphatic rings. The smallest absolute Gasteiger partial charge is 0.227 e. The molecule has 1 heterocycles. The van der Waals surface area contributed by atoms with Crippen LogP contribution in [0.2, 0.25) is 0 Å². The summed E-state index contributed by atoms with van der Waals surface area (Å²) in [5, 5.41) is 8.69. The Morgan fingerprint density at radius 3 is 2.42 bits per heavy atom. The predicted molar refractivity (Wildman–Crippen MR) is 104 cm³/mol. The normalized spacial score (nSPS) is 11.5. The van der Waals surface area contributed by atoms with Crippen LogP contribution in [-0.2, 0) is 6.42 Å². The van der Waals surface area contributed by atoms with Crippen molar-refractivity contribution in [2.75, 3.05) is 5.43 Å². The quantitative estimate of drug-likeness (QED) is 0.334. The van der Waals surface area contributed by atoms with Gasteiger partial charge in [0.2, 0.25) is 11.7 Å². The van der Waals surface area contributed by atoms with E-state index in [4.69, 9.17) is 4.52 Å². The number of nitrogens with one attached hydrogen (secondary N) is 1. The highest BCUT2D eigenvalue weighted by Crippen LogP contribution is 2.12. The number of para-hydroxylation sites is 1. The molecule has 26 heavy (non-hydrogen) atoms. The lowest BCUT2D eigenvalue weighted by atomic mass is 10.1. The Balaban J connectivity index is 1.79. The van der Waals surface area contributed by atoms with Gasteiger partial charge in [-0.2, -0.15) is 10.1 Å². The van der Waals surface area contributed by atoms with Gasteiger partial charge in [-0.1, -0.05) is 79.9 Å². The van der Waals surface area contributed by atoms with Crippen LogP contribution in [0.5, 0.6) is 0 Å². The van der Waals surface area contributed by atoms with Crippen molar-refractivity contribution in [3.63, 3.8) is 0 Å². The standard InChI is InChI=1S/C21H24N4O/c1-2-3-4-11-16-19-22-21(25-26-19)20(17-12-7-5-8-13-17)24-23-18-14-9-6-10-15-18/h5-10,12-15,23H,2-4,11,16H2,1H3/b24-20-. The van der Waals surface area contributed by atoms with E-state index >= 15 is 0 Å². The zero-order valence-corrected chi connectivity index (χ0v) is 15.1. The molecule has 5 nitrogen and oxygen atoms in total. The van der Waals surface area contributed by atoms with E-state index in [2.05, 4.69) is 27.6 Å². The molecule has 134 valence electrons. The molecule has 0 amide bonds. The maximum Gasteiger partial charge on any atom is 0.227 e. The second-order valence-corrected chi connectivity index (χ2v) is 6.13. The molecule has 0 spiro atoms. The van der Waals surface area contributed by atoms with Crippen molar-refractivity contribution in [1.29, 1.82) is 0 Å². The van der Waals surface area contributed by atoms with Crippen molar-refractivity contribution < 1.29 is 4.52 Å². The number of unbranched alkanes of at least 4 members (excludes halogenated alkanes) is 3. The second-order valence-electron chi connectivity index (χ2n) is 6.13. The minimum atomic E-state index is 0.505. The van der Waals surface area contributed by atoms with Crippen LogP contribution < -0.4 is 5.43 Å². The van der Waals surface area contributed by atoms with Gasteiger partial charge in [-0.3, -0.25) is 5.43 Å². The number of hydrogen-bond donors (Lipinski definition) is 1. The molecule has 0 aliphatic carbocycles. The number of aromatic nitrogens is 2. The van der Waals surface area contributed by atoms with Gasteiger partial charge in [-0.25, -0.2) is 0 Å². The van der Waals surface area contributed by atoms with E-state index in [1.165, 1.54) is 19.3 Å². The van der Waals surface area contributed by atoms with Crippen molar-refractivity contribution in [2.45, 2.75) is 39.0 Å². The fourth-order valence-corrected chi connectivity index (χ4v) is 2.63. The predicted octanol–water partition coefficient (Wildman–Crippen LogP) is 5.06. The number of anilines is 1. The largest absolute Gasteiger partial charge is 0.339 e. The van der Waals surface area contributed by atoms with Crippen LogP contribution in [0.3, 0.4) is 0 Å². The van der Waals surface area contributed by atoms with Crippen molar-refractivity contribution in [3.05, 3.63) is 77.9 Å². The highest BCUT2D eigenvalue weighted by Gasteiger charge is 2.15. The second kappa shape index (κ2) is 9.51. The van der Waals surface area contributed by atoms with Gasteiger partial charge in [-0.05, 0) is 18.6 Å². The fourth-order valence-electron chi connectivity index (χ4n) is 2.63. The van der Waals surface area contributed by atoms with Gasteiger partial charge in [-0.15, -0.1) is 0 Å². The summed E-state index contributed by atoms with van der Waals surface area (Å²) in [5.74, 6) is 1.17. The average molecular weight is 348 g/mol. The molecule has 1 N–H and O–H groups in total. The molecular formula is C21H24N4O. The maximum atomic E-state index is 5.43. The third-order valence-corrected chi connectivity index (χ3v) is 4.04. The first kappa shape index (κ1) is 17.9. The number of aryl methyl sites for hydroxylation is 1. The van der Waals surface area contributed by atoms with Crippen molar-refractivity contribution in [3.8, 4) is 0 Å². The van der Waals surface area contributed by atoms with Crippen LogP contribution in [0.1, 0.15) is 49.9 Å². The van der Waals surface area contributed by atoms with Crippen LogP contribution in [0.15, 0.2) is 70.3 Å². The summed E-state index contributed by atoms with van der Waals surface area (Å²) >= 11 is 0. The Hall–Kier alpha value is -2.95. The average Bonchev–Trinajstić information content (AvgIpc) is 3.16. The van der Waals surface area contributed by atoms with E-state index in [1.807, 2.05) is 60.7 Å². The molecule has 5 heteroatoms. The van der Waals surface area contributed by atoms with Crippen LogP contribution in [0.4, 0.5) is 5.69 Å². The zero-order chi connectivity index (χ0) is 18.0. The Labute approximate surface area is 154 Å². The lowest BCUT2D eigenvalue weighted by Crippen LogP contribution is -2.08. The first-order valence-electron chi connectivity index (χ1n) is 9.14. The molecule has 0 unspecified atom stereocenters. The van der Waals surface area contributed by atoms with Crippen LogP contribution >= 0.6 is 0 Å². The molecular weight excluding hydrogens is 324 g/mol. The van der Waals surface area contributed by atoms with Crippen molar-refractivity contribution >= 4 is 11.4 Å². The van der Waals surface area contributed by atoms with E-state index in [0.29, 0.717) is 17.4 Å². The minimum absolute atomic E-state index is 0.505. The van der Waals surface area contributed by atoms with Gasteiger partial charge in [0.15, 0.2) is 0 Å². The van der Waals surface area contributed by atoms with Gasteiger partial charge < -0.3 is 4.52 Å². The molecule has 0 saturated heterocycles. The van der Waals surface area contributed by atoms with Gasteiger partial charge in [0.05, 0.1) is 5.69 Å². The van der Waals surface area contributed by atoms with Crippen LogP contribution in [0.25, 0.3) is 0 Å². The summed E-state index contributed by atoms with van der Waals surface area (Å²) < 4.78 is 5.43. The monoisotopic (exact) mass is 348 g/mol. The third-order valence-electron chi connectivity index (χ3n) is 4.04. The van der Waals surface area contributed by atoms with Crippen molar-refractivity contribution in [1.82, 2.24) is 10.1 Å². The summed E-state index contributed by atoms with van der Waals surface area (Å²) in [5.41, 5.74) is 5.59. The Morgan fingerprint density at radius 2 is 1.69 bits per heavy atom. The highest BCUT2D eigenvalue weighted by molar-refractivity contribution is 6.10. The maximum absolute atomic E-state index is 5.43. The molecule has 0 fully saturated rings. The lowest BCUT2D eigenvalue weighted by molar-refractivity contribution is 0.372. The fraction of sp³-hybridized carbons (Fsp3) is 0.286. The number of hydrogen-bond acceptors (Lipinski definition) is 5. The van der Waals surface area contributed by atoms with E-state index in [9.17, 15) is 0 Å². The van der Waals surface area contributed by atoms with Gasteiger partial charge >= 0.3 is 0 Å². The summed E-state index contributed by atoms with van der Waals surface area (Å²) in [6.07, 6.45) is 5.50. The van der Waals surface area contributed by atoms with E-state index < -0.39 is 0 Å². The topological polar surface area (TPSA) is 63.3 Å². The Kier molecular flexibility index (Phi) is 6.53. The van der Waals surface area contributed by atoms with Crippen LogP contribution in [-0.4, -0.2) is 15.9 Å². The Bertz CT molecular complexity index is 812. The van der Waals surface area contributed by atoms with Gasteiger partial charge in [0.25, 0.3) is 0 Å². The third kappa shape index (κ3) is 5.02. The highest BCUT2D eigenvalue weighted by atomic mass is 16.5. The molecule has 0 aliphatic heterocycles. The number of benzene rings is 2. The molecule has 3 rings (SSSR count). The summed E-state index contributed by atoms with van der Waals surface area (Å²) in [6, 6.07) is 19.7. The number of hydrazone groups is 1. The number of rotatable bonds is 9. The SMILES string of the molecule is CCCCCCc1nc(/C(=N\Nc2ccccc2)c2ccccc2)no1. The van der Waals surface area contributed by atoms with E-state index in [-0.39, 0.29) is 0 Å². The molecule has 0 bridgehead atoms. The minimum Gasteiger partial charge on any atom is -0.339 e. The molecule has 0 radical (unpaired) electrons. The molecule has 3 aromatic rings. The molecule has 1 aromatic heterocycles. The van der Waals surface area contributed by atoms with Crippen molar-refractivity contribution in [2.24, 2.45) is 5.10 Å². The van der Waals surface area contributed by atoms with E-state index in [0.717, 1.165) is 24.1 Å². The lowest BCUT2D eigenvalue weighted by Gasteiger charge is -2.04. The summed E-state index contributed by atoms with van der Waals surface area (Å²) in [6.45, 7) is 2.20. The first-order valence-corrected chi connectivity index (χ1v) is 9.14. The van der Waals surface area contributed by atoms with Gasteiger partial charge in [0, 0.05) is 12.0 Å². The summed E-state index contributed by atoms with van der Waals surface area (Å²) in [4.78, 5) is 4.55. The van der Waals surface area contributed by atoms with E-state index in [1.54, 1.807) is 0 Å². The first-order chi connectivity index (χ1) is 12.9. The zero-order valence-electron chi connectivity index (χ0n) is 15.1. The Morgan fingerprint density at radius 1 is 0.962 bits per heavy atom. The molecule has 0 saturated carbocycles. The summed E-state index contributed by atoms with van der Waals surface area (Å²) in [7, 11) is 0. The molecule has 0 atom stereocenters. The van der Waals surface area contributed by atoms with Crippen LogP contribution in [0, 0.1) is 0 Å².